The summed E-state index contributed by atoms with van der Waals surface area (Å²) in [7, 11) is 0. The average Bonchev–Trinajstić information content (AvgIpc) is 3.24. The SMILES string of the molecule is C=CC(=O)Oc1ccc(C=Cc2ccc(N(c3ccc(C)cc3)c3ccc4c(c3)C(C)(C)c3ccccc3-4)cc2)cc1. The van der Waals surface area contributed by atoms with Crippen molar-refractivity contribution in [2.75, 3.05) is 4.90 Å². The summed E-state index contributed by atoms with van der Waals surface area (Å²) in [6, 6.07) is 40.3. The Labute approximate surface area is 248 Å². The van der Waals surface area contributed by atoms with Crippen LogP contribution in [0.4, 0.5) is 17.1 Å². The van der Waals surface area contributed by atoms with Crippen molar-refractivity contribution in [2.24, 2.45) is 0 Å². The quantitative estimate of drug-likeness (QED) is 0.0879. The zero-order valence-electron chi connectivity index (χ0n) is 24.2. The molecule has 42 heavy (non-hydrogen) atoms. The van der Waals surface area contributed by atoms with Gasteiger partial charge in [0.25, 0.3) is 0 Å². The van der Waals surface area contributed by atoms with Crippen LogP contribution >= 0.6 is 0 Å². The smallest absolute Gasteiger partial charge is 0.335 e. The molecule has 0 amide bonds. The summed E-state index contributed by atoms with van der Waals surface area (Å²) >= 11 is 0. The predicted octanol–water partition coefficient (Wildman–Crippen LogP) is 10.0. The van der Waals surface area contributed by atoms with Crippen molar-refractivity contribution in [3.05, 3.63) is 156 Å². The minimum Gasteiger partial charge on any atom is -0.423 e. The fourth-order valence-electron chi connectivity index (χ4n) is 5.70. The number of fused-ring (bicyclic) bond motifs is 3. The average molecular weight is 548 g/mol. The van der Waals surface area contributed by atoms with Crippen LogP contribution in [0.25, 0.3) is 23.3 Å². The Kier molecular flexibility index (Phi) is 7.10. The molecule has 0 radical (unpaired) electrons. The summed E-state index contributed by atoms with van der Waals surface area (Å²) in [6.07, 6.45) is 5.29. The van der Waals surface area contributed by atoms with Gasteiger partial charge >= 0.3 is 5.97 Å². The lowest BCUT2D eigenvalue weighted by Crippen LogP contribution is -2.16. The molecule has 1 aliphatic carbocycles. The van der Waals surface area contributed by atoms with Gasteiger partial charge in [-0.25, -0.2) is 4.79 Å². The van der Waals surface area contributed by atoms with Gasteiger partial charge in [0.15, 0.2) is 0 Å². The van der Waals surface area contributed by atoms with Gasteiger partial charge in [0.2, 0.25) is 0 Å². The molecule has 0 atom stereocenters. The van der Waals surface area contributed by atoms with E-state index in [1.165, 1.54) is 27.8 Å². The van der Waals surface area contributed by atoms with Crippen LogP contribution in [0, 0.1) is 6.92 Å². The summed E-state index contributed by atoms with van der Waals surface area (Å²) in [6.45, 7) is 10.2. The van der Waals surface area contributed by atoms with Crippen LogP contribution in [0.5, 0.6) is 5.75 Å². The van der Waals surface area contributed by atoms with E-state index in [1.54, 1.807) is 12.1 Å². The third-order valence-electron chi connectivity index (χ3n) is 8.00. The normalized spacial score (nSPS) is 12.9. The summed E-state index contributed by atoms with van der Waals surface area (Å²) in [5.74, 6) is 0.0307. The van der Waals surface area contributed by atoms with Crippen LogP contribution in [-0.4, -0.2) is 5.97 Å². The zero-order valence-corrected chi connectivity index (χ0v) is 24.2. The number of nitrogens with zero attached hydrogens (tertiary/aromatic N) is 1. The van der Waals surface area contributed by atoms with Crippen LogP contribution < -0.4 is 9.64 Å². The maximum atomic E-state index is 11.4. The zero-order chi connectivity index (χ0) is 29.3. The highest BCUT2D eigenvalue weighted by molar-refractivity contribution is 5.86. The van der Waals surface area contributed by atoms with Gasteiger partial charge in [0.05, 0.1) is 0 Å². The second kappa shape index (κ2) is 11.0. The molecule has 0 aliphatic heterocycles. The first-order chi connectivity index (χ1) is 20.3. The summed E-state index contributed by atoms with van der Waals surface area (Å²) in [5, 5.41) is 0. The lowest BCUT2D eigenvalue weighted by molar-refractivity contribution is -0.128. The van der Waals surface area contributed by atoms with Crippen molar-refractivity contribution in [2.45, 2.75) is 26.2 Å². The monoisotopic (exact) mass is 547 g/mol. The number of benzene rings is 5. The number of ether oxygens (including phenoxy) is 1. The minimum atomic E-state index is -0.466. The molecule has 0 bridgehead atoms. The summed E-state index contributed by atoms with van der Waals surface area (Å²) < 4.78 is 5.16. The predicted molar refractivity (Wildman–Crippen MR) is 175 cm³/mol. The van der Waals surface area contributed by atoms with Gasteiger partial charge in [-0.15, -0.1) is 0 Å². The Bertz CT molecular complexity index is 1790. The van der Waals surface area contributed by atoms with Crippen molar-refractivity contribution in [3.8, 4) is 16.9 Å². The van der Waals surface area contributed by atoms with Crippen LogP contribution in [-0.2, 0) is 10.2 Å². The van der Waals surface area contributed by atoms with Gasteiger partial charge in [0.1, 0.15) is 5.75 Å². The van der Waals surface area contributed by atoms with E-state index in [9.17, 15) is 4.79 Å². The molecule has 0 saturated carbocycles. The number of hydrogen-bond donors (Lipinski definition) is 0. The molecule has 0 aromatic heterocycles. The van der Waals surface area contributed by atoms with Gasteiger partial charge < -0.3 is 9.64 Å². The fourth-order valence-corrected chi connectivity index (χ4v) is 5.70. The standard InChI is InChI=1S/C39H33NO2/c1-5-38(41)42-33-23-16-29(17-24-33)13-12-28-14-20-31(21-15-28)40(30-18-10-27(2)11-19-30)32-22-25-35-34-8-6-7-9-36(34)39(3,4)37(35)26-32/h5-26H,1H2,2-4H3. The van der Waals surface area contributed by atoms with E-state index in [2.05, 4.69) is 129 Å². The van der Waals surface area contributed by atoms with Gasteiger partial charge in [0, 0.05) is 28.6 Å². The van der Waals surface area contributed by atoms with Gasteiger partial charge in [-0.05, 0) is 88.8 Å². The van der Waals surface area contributed by atoms with Crippen molar-refractivity contribution >= 4 is 35.2 Å². The largest absolute Gasteiger partial charge is 0.423 e. The fraction of sp³-hybridized carbons (Fsp3) is 0.103. The second-order valence-electron chi connectivity index (χ2n) is 11.2. The highest BCUT2D eigenvalue weighted by atomic mass is 16.5. The molecular formula is C39H33NO2. The molecule has 0 heterocycles. The Morgan fingerprint density at radius 2 is 1.24 bits per heavy atom. The molecule has 3 nitrogen and oxygen atoms in total. The second-order valence-corrected chi connectivity index (χ2v) is 11.2. The van der Waals surface area contributed by atoms with Crippen LogP contribution in [0.15, 0.2) is 128 Å². The van der Waals surface area contributed by atoms with Crippen molar-refractivity contribution in [1.29, 1.82) is 0 Å². The molecule has 0 fully saturated rings. The number of carbonyl (C=O) groups excluding carboxylic acids is 1. The van der Waals surface area contributed by atoms with E-state index in [4.69, 9.17) is 4.74 Å². The van der Waals surface area contributed by atoms with Crippen molar-refractivity contribution < 1.29 is 9.53 Å². The highest BCUT2D eigenvalue weighted by Gasteiger charge is 2.35. The van der Waals surface area contributed by atoms with Crippen LogP contribution in [0.3, 0.4) is 0 Å². The summed E-state index contributed by atoms with van der Waals surface area (Å²) in [5.41, 5.74) is 12.0. The van der Waals surface area contributed by atoms with E-state index in [-0.39, 0.29) is 5.41 Å². The number of carbonyl (C=O) groups is 1. The Morgan fingerprint density at radius 3 is 1.88 bits per heavy atom. The van der Waals surface area contributed by atoms with E-state index in [0.717, 1.165) is 34.3 Å². The van der Waals surface area contributed by atoms with Gasteiger partial charge in [-0.1, -0.05) is 105 Å². The van der Waals surface area contributed by atoms with E-state index in [0.29, 0.717) is 5.75 Å². The first kappa shape index (κ1) is 27.0. The molecule has 5 aromatic carbocycles. The first-order valence-electron chi connectivity index (χ1n) is 14.2. The first-order valence-corrected chi connectivity index (χ1v) is 14.2. The molecule has 5 aromatic rings. The molecule has 6 rings (SSSR count). The highest BCUT2D eigenvalue weighted by Crippen LogP contribution is 2.50. The topological polar surface area (TPSA) is 29.5 Å². The number of rotatable bonds is 7. The minimum absolute atomic E-state index is 0.0684. The number of esters is 1. The van der Waals surface area contributed by atoms with E-state index in [1.807, 2.05) is 18.2 Å². The molecule has 0 spiro atoms. The lowest BCUT2D eigenvalue weighted by atomic mass is 9.82. The van der Waals surface area contributed by atoms with E-state index < -0.39 is 5.97 Å². The lowest BCUT2D eigenvalue weighted by Gasteiger charge is -2.28. The molecule has 0 unspecified atom stereocenters. The molecule has 3 heteroatoms. The molecule has 1 aliphatic rings. The van der Waals surface area contributed by atoms with Gasteiger partial charge in [-0.2, -0.15) is 0 Å². The number of aryl methyl sites for hydroxylation is 1. The van der Waals surface area contributed by atoms with E-state index >= 15 is 0 Å². The maximum absolute atomic E-state index is 11.4. The molecule has 206 valence electrons. The number of anilines is 3. The van der Waals surface area contributed by atoms with Gasteiger partial charge in [-0.3, -0.25) is 0 Å². The third kappa shape index (κ3) is 5.17. The van der Waals surface area contributed by atoms with Crippen LogP contribution in [0.2, 0.25) is 0 Å². The van der Waals surface area contributed by atoms with Crippen molar-refractivity contribution in [3.63, 3.8) is 0 Å². The Morgan fingerprint density at radius 1 is 0.690 bits per heavy atom. The maximum Gasteiger partial charge on any atom is 0.335 e. The Hall–Kier alpha value is -5.15. The summed E-state index contributed by atoms with van der Waals surface area (Å²) in [4.78, 5) is 13.7. The third-order valence-corrected chi connectivity index (χ3v) is 8.00. The molecule has 0 saturated heterocycles. The molecule has 0 N–H and O–H groups in total. The van der Waals surface area contributed by atoms with Crippen LogP contribution in [0.1, 0.15) is 41.7 Å². The van der Waals surface area contributed by atoms with Crippen molar-refractivity contribution in [1.82, 2.24) is 0 Å². The number of hydrogen-bond acceptors (Lipinski definition) is 3. The Balaban J connectivity index is 1.31. The molecular weight excluding hydrogens is 514 g/mol.